The Balaban J connectivity index is 3.03. The Labute approximate surface area is 81.1 Å². The van der Waals surface area contributed by atoms with Gasteiger partial charge in [-0.1, -0.05) is 0 Å². The fraction of sp³-hybridized carbons (Fsp3) is 0.222. The number of Topliss-reactive ketones (excluding diaryl/α,β-unsaturated/α-hetero) is 1. The average Bonchev–Trinajstić information content (AvgIpc) is 2.17. The molecule has 0 aliphatic rings. The minimum Gasteiger partial charge on any atom is -0.368 e. The van der Waals surface area contributed by atoms with E-state index in [9.17, 15) is 9.59 Å². The third-order valence-corrected chi connectivity index (χ3v) is 1.91. The van der Waals surface area contributed by atoms with Gasteiger partial charge in [-0.15, -0.1) is 0 Å². The molecule has 1 aromatic rings. The number of aromatic nitrogens is 1. The Kier molecular flexibility index (Phi) is 2.62. The molecule has 0 radical (unpaired) electrons. The highest BCUT2D eigenvalue weighted by molar-refractivity contribution is 6.16. The Morgan fingerprint density at radius 2 is 2.14 bits per heavy atom. The summed E-state index contributed by atoms with van der Waals surface area (Å²) in [5, 5.41) is 0. The van der Waals surface area contributed by atoms with E-state index in [-0.39, 0.29) is 5.56 Å². The van der Waals surface area contributed by atoms with Gasteiger partial charge in [-0.3, -0.25) is 14.6 Å². The number of carbonyl (C=O) groups is 2. The van der Waals surface area contributed by atoms with Gasteiger partial charge in [-0.05, 0) is 19.1 Å². The minimum absolute atomic E-state index is 0.274. The van der Waals surface area contributed by atoms with Crippen LogP contribution in [0.3, 0.4) is 0 Å². The number of hydrogen-bond acceptors (Lipinski definition) is 4. The zero-order valence-electron chi connectivity index (χ0n) is 7.73. The molecule has 0 aliphatic carbocycles. The smallest absolute Gasteiger partial charge is 0.245 e. The first kappa shape index (κ1) is 10.3. The molecule has 0 fully saturated rings. The van der Waals surface area contributed by atoms with Crippen molar-refractivity contribution in [2.45, 2.75) is 12.5 Å². The van der Waals surface area contributed by atoms with Crippen LogP contribution in [0.1, 0.15) is 17.3 Å². The van der Waals surface area contributed by atoms with Crippen LogP contribution in [-0.2, 0) is 4.79 Å². The van der Waals surface area contributed by atoms with Gasteiger partial charge in [0.2, 0.25) is 5.91 Å². The first-order chi connectivity index (χ1) is 6.46. The summed E-state index contributed by atoms with van der Waals surface area (Å²) < 4.78 is 0. The monoisotopic (exact) mass is 193 g/mol. The standard InChI is InChI=1S/C9H11N3O2/c1-9(11,8(10)14)7(13)6-3-2-4-12-5-6/h2-5H,11H2,1H3,(H2,10,14)/t9-/m1/s1. The lowest BCUT2D eigenvalue weighted by Gasteiger charge is -2.18. The van der Waals surface area contributed by atoms with Crippen molar-refractivity contribution in [3.63, 3.8) is 0 Å². The van der Waals surface area contributed by atoms with Crippen LogP contribution in [0.25, 0.3) is 0 Å². The summed E-state index contributed by atoms with van der Waals surface area (Å²) in [6, 6.07) is 3.12. The van der Waals surface area contributed by atoms with E-state index in [2.05, 4.69) is 4.98 Å². The van der Waals surface area contributed by atoms with Crippen LogP contribution in [0, 0.1) is 0 Å². The van der Waals surface area contributed by atoms with Crippen molar-refractivity contribution in [2.24, 2.45) is 11.5 Å². The highest BCUT2D eigenvalue weighted by atomic mass is 16.2. The van der Waals surface area contributed by atoms with Crippen molar-refractivity contribution in [1.29, 1.82) is 0 Å². The second-order valence-electron chi connectivity index (χ2n) is 3.14. The summed E-state index contributed by atoms with van der Waals surface area (Å²) in [4.78, 5) is 26.3. The van der Waals surface area contributed by atoms with Crippen molar-refractivity contribution in [3.8, 4) is 0 Å². The van der Waals surface area contributed by atoms with Crippen LogP contribution < -0.4 is 11.5 Å². The summed E-state index contributed by atoms with van der Waals surface area (Å²) in [5.74, 6) is -1.38. The first-order valence-corrected chi connectivity index (χ1v) is 4.00. The van der Waals surface area contributed by atoms with E-state index in [4.69, 9.17) is 11.5 Å². The fourth-order valence-corrected chi connectivity index (χ4v) is 0.909. The number of carbonyl (C=O) groups excluding carboxylic acids is 2. The molecule has 4 N–H and O–H groups in total. The molecule has 1 heterocycles. The van der Waals surface area contributed by atoms with Crippen molar-refractivity contribution in [3.05, 3.63) is 30.1 Å². The lowest BCUT2D eigenvalue weighted by Crippen LogP contribution is -2.55. The maximum atomic E-state index is 11.6. The quantitative estimate of drug-likeness (QED) is 0.497. The SMILES string of the molecule is C[C@](N)(C(N)=O)C(=O)c1cccnc1. The normalized spacial score (nSPS) is 14.4. The third-order valence-electron chi connectivity index (χ3n) is 1.91. The van der Waals surface area contributed by atoms with Gasteiger partial charge in [-0.25, -0.2) is 0 Å². The predicted molar refractivity (Wildman–Crippen MR) is 50.4 cm³/mol. The van der Waals surface area contributed by atoms with E-state index in [1.165, 1.54) is 25.4 Å². The molecule has 1 aromatic heterocycles. The van der Waals surface area contributed by atoms with Gasteiger partial charge in [0.25, 0.3) is 0 Å². The van der Waals surface area contributed by atoms with Crippen LogP contribution in [0.5, 0.6) is 0 Å². The number of pyridine rings is 1. The predicted octanol–water partition coefficient (Wildman–Crippen LogP) is -0.533. The average molecular weight is 193 g/mol. The highest BCUT2D eigenvalue weighted by Gasteiger charge is 2.35. The summed E-state index contributed by atoms with van der Waals surface area (Å²) in [5.41, 5.74) is 9.08. The van der Waals surface area contributed by atoms with Gasteiger partial charge in [0.05, 0.1) is 0 Å². The topological polar surface area (TPSA) is 99.1 Å². The zero-order chi connectivity index (χ0) is 10.8. The Bertz CT molecular complexity index is 360. The number of amides is 1. The summed E-state index contributed by atoms with van der Waals surface area (Å²) in [6.07, 6.45) is 2.87. The molecule has 5 heteroatoms. The lowest BCUT2D eigenvalue weighted by atomic mass is 9.92. The van der Waals surface area contributed by atoms with Crippen molar-refractivity contribution < 1.29 is 9.59 Å². The van der Waals surface area contributed by atoms with E-state index in [0.717, 1.165) is 0 Å². The molecule has 1 atom stereocenters. The van der Waals surface area contributed by atoms with Crippen LogP contribution >= 0.6 is 0 Å². The molecular weight excluding hydrogens is 182 g/mol. The van der Waals surface area contributed by atoms with Crippen LogP contribution in [0.15, 0.2) is 24.5 Å². The van der Waals surface area contributed by atoms with E-state index in [1.54, 1.807) is 6.07 Å². The van der Waals surface area contributed by atoms with Gasteiger partial charge in [-0.2, -0.15) is 0 Å². The van der Waals surface area contributed by atoms with Gasteiger partial charge in [0, 0.05) is 18.0 Å². The summed E-state index contributed by atoms with van der Waals surface area (Å²) in [6.45, 7) is 1.28. The lowest BCUT2D eigenvalue weighted by molar-refractivity contribution is -0.121. The van der Waals surface area contributed by atoms with Gasteiger partial charge in [0.1, 0.15) is 0 Å². The number of ketones is 1. The first-order valence-electron chi connectivity index (χ1n) is 4.00. The molecular formula is C9H11N3O2. The van der Waals surface area contributed by atoms with Gasteiger partial charge >= 0.3 is 0 Å². The molecule has 0 aromatic carbocycles. The highest BCUT2D eigenvalue weighted by Crippen LogP contribution is 2.08. The molecule has 5 nitrogen and oxygen atoms in total. The van der Waals surface area contributed by atoms with Gasteiger partial charge in [0.15, 0.2) is 11.3 Å². The molecule has 0 bridgehead atoms. The number of hydrogen-bond donors (Lipinski definition) is 2. The molecule has 0 saturated heterocycles. The van der Waals surface area contributed by atoms with Gasteiger partial charge < -0.3 is 11.5 Å². The van der Waals surface area contributed by atoms with E-state index in [1.807, 2.05) is 0 Å². The Hall–Kier alpha value is -1.75. The van der Waals surface area contributed by atoms with Crippen LogP contribution in [0.4, 0.5) is 0 Å². The Morgan fingerprint density at radius 3 is 2.57 bits per heavy atom. The molecule has 0 saturated carbocycles. The molecule has 0 unspecified atom stereocenters. The molecule has 0 spiro atoms. The zero-order valence-corrected chi connectivity index (χ0v) is 7.73. The van der Waals surface area contributed by atoms with E-state index in [0.29, 0.717) is 0 Å². The minimum atomic E-state index is -1.68. The largest absolute Gasteiger partial charge is 0.368 e. The van der Waals surface area contributed by atoms with Crippen molar-refractivity contribution in [1.82, 2.24) is 4.98 Å². The molecule has 74 valence electrons. The number of nitrogens with two attached hydrogens (primary N) is 2. The second kappa shape index (κ2) is 3.55. The molecule has 1 rings (SSSR count). The maximum Gasteiger partial charge on any atom is 0.245 e. The van der Waals surface area contributed by atoms with Crippen molar-refractivity contribution in [2.75, 3.05) is 0 Å². The third kappa shape index (κ3) is 1.77. The molecule has 14 heavy (non-hydrogen) atoms. The number of nitrogens with zero attached hydrogens (tertiary/aromatic N) is 1. The molecule has 1 amide bonds. The van der Waals surface area contributed by atoms with E-state index < -0.39 is 17.2 Å². The summed E-state index contributed by atoms with van der Waals surface area (Å²) >= 11 is 0. The summed E-state index contributed by atoms with van der Waals surface area (Å²) in [7, 11) is 0. The van der Waals surface area contributed by atoms with Crippen LogP contribution in [-0.4, -0.2) is 22.2 Å². The Morgan fingerprint density at radius 1 is 1.50 bits per heavy atom. The second-order valence-corrected chi connectivity index (χ2v) is 3.14. The van der Waals surface area contributed by atoms with E-state index >= 15 is 0 Å². The number of rotatable bonds is 3. The number of primary amides is 1. The maximum absolute atomic E-state index is 11.6. The van der Waals surface area contributed by atoms with Crippen LogP contribution in [0.2, 0.25) is 0 Å². The van der Waals surface area contributed by atoms with Crippen molar-refractivity contribution >= 4 is 11.7 Å². The fourth-order valence-electron chi connectivity index (χ4n) is 0.909. The molecule has 0 aliphatic heterocycles.